The first kappa shape index (κ1) is 16.7. The molecule has 2 atom stereocenters. The van der Waals surface area contributed by atoms with Gasteiger partial charge in [0.1, 0.15) is 5.69 Å². The summed E-state index contributed by atoms with van der Waals surface area (Å²) in [5, 5.41) is 9.97. The monoisotopic (exact) mass is 328 g/mol. The van der Waals surface area contributed by atoms with E-state index in [9.17, 15) is 4.79 Å². The van der Waals surface area contributed by atoms with Gasteiger partial charge in [-0.25, -0.2) is 0 Å². The molecule has 3 rings (SSSR count). The number of H-pyrrole nitrogens is 1. The van der Waals surface area contributed by atoms with Crippen molar-refractivity contribution in [3.8, 4) is 11.3 Å². The maximum atomic E-state index is 12.2. The zero-order chi connectivity index (χ0) is 16.9. The Morgan fingerprint density at radius 3 is 2.71 bits per heavy atom. The molecule has 1 aromatic heterocycles. The molecule has 2 heterocycles. The summed E-state index contributed by atoms with van der Waals surface area (Å²) < 4.78 is 5.72. The number of hydrogen-bond acceptors (Lipinski definition) is 4. The first-order chi connectivity index (χ1) is 11.6. The van der Waals surface area contributed by atoms with E-state index in [4.69, 9.17) is 4.74 Å². The third-order valence-electron chi connectivity index (χ3n) is 4.10. The third kappa shape index (κ3) is 4.21. The summed E-state index contributed by atoms with van der Waals surface area (Å²) in [6.07, 6.45) is 0.482. The second-order valence-corrected chi connectivity index (χ2v) is 6.31. The van der Waals surface area contributed by atoms with Crippen LogP contribution in [-0.2, 0) is 4.74 Å². The molecule has 2 N–H and O–H groups in total. The number of rotatable bonds is 5. The van der Waals surface area contributed by atoms with E-state index in [-0.39, 0.29) is 18.1 Å². The Morgan fingerprint density at radius 1 is 1.29 bits per heavy atom. The molecule has 1 aliphatic rings. The predicted molar refractivity (Wildman–Crippen MR) is 92.8 cm³/mol. The molecule has 0 bridgehead atoms. The van der Waals surface area contributed by atoms with Crippen LogP contribution < -0.4 is 5.32 Å². The highest BCUT2D eigenvalue weighted by Crippen LogP contribution is 2.16. The third-order valence-corrected chi connectivity index (χ3v) is 4.10. The first-order valence-electron chi connectivity index (χ1n) is 8.38. The molecule has 0 saturated carbocycles. The molecule has 1 aromatic carbocycles. The van der Waals surface area contributed by atoms with Crippen LogP contribution in [0, 0.1) is 0 Å². The quantitative estimate of drug-likeness (QED) is 0.880. The van der Waals surface area contributed by atoms with Crippen LogP contribution in [-0.4, -0.2) is 59.4 Å². The van der Waals surface area contributed by atoms with Crippen molar-refractivity contribution in [2.45, 2.75) is 26.1 Å². The molecule has 128 valence electrons. The number of aromatic amines is 1. The molecular formula is C18H24N4O2. The molecule has 1 saturated heterocycles. The Kier molecular flexibility index (Phi) is 5.27. The van der Waals surface area contributed by atoms with E-state index in [0.29, 0.717) is 12.2 Å². The largest absolute Gasteiger partial charge is 0.373 e. The summed E-state index contributed by atoms with van der Waals surface area (Å²) in [7, 11) is 0. The molecule has 0 radical (unpaired) electrons. The summed E-state index contributed by atoms with van der Waals surface area (Å²) in [6.45, 7) is 7.40. The fraction of sp³-hybridized carbons (Fsp3) is 0.444. The van der Waals surface area contributed by atoms with Crippen LogP contribution in [0.4, 0.5) is 0 Å². The topological polar surface area (TPSA) is 70.2 Å². The van der Waals surface area contributed by atoms with Gasteiger partial charge in [0.05, 0.1) is 17.9 Å². The lowest BCUT2D eigenvalue weighted by Crippen LogP contribution is -2.47. The number of nitrogens with one attached hydrogen (secondary N) is 2. The van der Waals surface area contributed by atoms with Gasteiger partial charge in [-0.2, -0.15) is 5.10 Å². The van der Waals surface area contributed by atoms with Crippen LogP contribution in [0.15, 0.2) is 36.4 Å². The Morgan fingerprint density at radius 2 is 2.00 bits per heavy atom. The minimum absolute atomic E-state index is 0.126. The molecule has 6 nitrogen and oxygen atoms in total. The summed E-state index contributed by atoms with van der Waals surface area (Å²) >= 11 is 0. The lowest BCUT2D eigenvalue weighted by atomic mass is 10.1. The standard InChI is InChI=1S/C18H24N4O2/c1-13-11-22(12-14(2)24-13)9-8-19-18(23)17-10-16(20-21-17)15-6-4-3-5-7-15/h3-7,10,13-14H,8-9,11-12H2,1-2H3,(H,19,23)(H,20,21). The minimum Gasteiger partial charge on any atom is -0.373 e. The van der Waals surface area contributed by atoms with Gasteiger partial charge in [-0.1, -0.05) is 30.3 Å². The van der Waals surface area contributed by atoms with Crippen molar-refractivity contribution in [2.24, 2.45) is 0 Å². The molecule has 1 aliphatic heterocycles. The zero-order valence-corrected chi connectivity index (χ0v) is 14.2. The molecule has 2 aromatic rings. The van der Waals surface area contributed by atoms with Crippen LogP contribution in [0.1, 0.15) is 24.3 Å². The van der Waals surface area contributed by atoms with E-state index in [1.54, 1.807) is 6.07 Å². The summed E-state index contributed by atoms with van der Waals surface area (Å²) in [5.74, 6) is -0.126. The predicted octanol–water partition coefficient (Wildman–Crippen LogP) is 1.92. The fourth-order valence-corrected chi connectivity index (χ4v) is 3.08. The van der Waals surface area contributed by atoms with Gasteiger partial charge in [0, 0.05) is 31.7 Å². The second kappa shape index (κ2) is 7.59. The Hall–Kier alpha value is -2.18. The summed E-state index contributed by atoms with van der Waals surface area (Å²) in [4.78, 5) is 14.6. The molecular weight excluding hydrogens is 304 g/mol. The van der Waals surface area contributed by atoms with E-state index in [1.165, 1.54) is 0 Å². The number of carbonyl (C=O) groups excluding carboxylic acids is 1. The maximum Gasteiger partial charge on any atom is 0.269 e. The Balaban J connectivity index is 1.50. The van der Waals surface area contributed by atoms with Gasteiger partial charge in [0.15, 0.2) is 0 Å². The SMILES string of the molecule is CC1CN(CCNC(=O)c2cc(-c3ccccc3)n[nH]2)CC(C)O1. The number of hydrogen-bond donors (Lipinski definition) is 2. The van der Waals surface area contributed by atoms with Crippen LogP contribution >= 0.6 is 0 Å². The van der Waals surface area contributed by atoms with Crippen LogP contribution in [0.2, 0.25) is 0 Å². The van der Waals surface area contributed by atoms with Gasteiger partial charge in [-0.15, -0.1) is 0 Å². The van der Waals surface area contributed by atoms with E-state index in [0.717, 1.165) is 30.9 Å². The number of ether oxygens (including phenoxy) is 1. The lowest BCUT2D eigenvalue weighted by molar-refractivity contribution is -0.0672. The van der Waals surface area contributed by atoms with E-state index >= 15 is 0 Å². The average molecular weight is 328 g/mol. The van der Waals surface area contributed by atoms with Crippen molar-refractivity contribution in [1.82, 2.24) is 20.4 Å². The van der Waals surface area contributed by atoms with Crippen molar-refractivity contribution in [3.63, 3.8) is 0 Å². The van der Waals surface area contributed by atoms with Crippen LogP contribution in [0.3, 0.4) is 0 Å². The highest BCUT2D eigenvalue weighted by Gasteiger charge is 2.21. The minimum atomic E-state index is -0.126. The molecule has 0 aliphatic carbocycles. The van der Waals surface area contributed by atoms with Gasteiger partial charge in [0.2, 0.25) is 0 Å². The molecule has 2 unspecified atom stereocenters. The molecule has 6 heteroatoms. The first-order valence-corrected chi connectivity index (χ1v) is 8.38. The van der Waals surface area contributed by atoms with Gasteiger partial charge in [0.25, 0.3) is 5.91 Å². The Bertz CT molecular complexity index is 661. The Labute approximate surface area is 142 Å². The molecule has 0 spiro atoms. The number of nitrogens with zero attached hydrogens (tertiary/aromatic N) is 2. The van der Waals surface area contributed by atoms with E-state index < -0.39 is 0 Å². The molecule has 1 fully saturated rings. The van der Waals surface area contributed by atoms with Crippen LogP contribution in [0.25, 0.3) is 11.3 Å². The smallest absolute Gasteiger partial charge is 0.269 e. The highest BCUT2D eigenvalue weighted by atomic mass is 16.5. The number of benzene rings is 1. The second-order valence-electron chi connectivity index (χ2n) is 6.31. The van der Waals surface area contributed by atoms with Crippen molar-refractivity contribution in [3.05, 3.63) is 42.1 Å². The molecule has 24 heavy (non-hydrogen) atoms. The van der Waals surface area contributed by atoms with E-state index in [1.807, 2.05) is 30.3 Å². The number of aromatic nitrogens is 2. The van der Waals surface area contributed by atoms with Gasteiger partial charge < -0.3 is 10.1 Å². The van der Waals surface area contributed by atoms with E-state index in [2.05, 4.69) is 34.3 Å². The number of amides is 1. The lowest BCUT2D eigenvalue weighted by Gasteiger charge is -2.35. The highest BCUT2D eigenvalue weighted by molar-refractivity contribution is 5.93. The zero-order valence-electron chi connectivity index (χ0n) is 14.2. The van der Waals surface area contributed by atoms with Gasteiger partial charge in [-0.05, 0) is 19.9 Å². The van der Waals surface area contributed by atoms with Gasteiger partial charge in [-0.3, -0.25) is 14.8 Å². The average Bonchev–Trinajstić information content (AvgIpc) is 3.05. The fourth-order valence-electron chi connectivity index (χ4n) is 3.08. The van der Waals surface area contributed by atoms with Crippen molar-refractivity contribution in [2.75, 3.05) is 26.2 Å². The summed E-state index contributed by atoms with van der Waals surface area (Å²) in [5.41, 5.74) is 2.25. The van der Waals surface area contributed by atoms with Crippen molar-refractivity contribution >= 4 is 5.91 Å². The van der Waals surface area contributed by atoms with Crippen LogP contribution in [0.5, 0.6) is 0 Å². The van der Waals surface area contributed by atoms with Gasteiger partial charge >= 0.3 is 0 Å². The van der Waals surface area contributed by atoms with Crippen molar-refractivity contribution < 1.29 is 9.53 Å². The molecule has 1 amide bonds. The normalized spacial score (nSPS) is 21.6. The maximum absolute atomic E-state index is 12.2. The van der Waals surface area contributed by atoms with Crippen molar-refractivity contribution in [1.29, 1.82) is 0 Å². The number of carbonyl (C=O) groups is 1. The number of morpholine rings is 1. The summed E-state index contributed by atoms with van der Waals surface area (Å²) in [6, 6.07) is 11.6.